The van der Waals surface area contributed by atoms with Crippen LogP contribution in [0.4, 0.5) is 0 Å². The number of hydrogen-bond acceptors (Lipinski definition) is 3. The summed E-state index contributed by atoms with van der Waals surface area (Å²) < 4.78 is 5.28. The van der Waals surface area contributed by atoms with E-state index in [-0.39, 0.29) is 11.7 Å². The largest absolute Gasteiger partial charge is 0.384 e. The maximum atomic E-state index is 12.3. The second-order valence-electron chi connectivity index (χ2n) is 4.97. The highest BCUT2D eigenvalue weighted by molar-refractivity contribution is 6.31. The summed E-state index contributed by atoms with van der Waals surface area (Å²) in [6.45, 7) is 0.349. The molecule has 0 spiro atoms. The highest BCUT2D eigenvalue weighted by atomic mass is 35.5. The molecule has 4 N–H and O–H groups in total. The number of carbonyl (C=O) groups excluding carboxylic acids is 1. The molecule has 0 aliphatic rings. The van der Waals surface area contributed by atoms with Gasteiger partial charge in [0.2, 0.25) is 0 Å². The van der Waals surface area contributed by atoms with E-state index >= 15 is 0 Å². The normalized spacial score (nSPS) is 11.7. The lowest BCUT2D eigenvalue weighted by molar-refractivity contribution is -0.131. The van der Waals surface area contributed by atoms with Crippen molar-refractivity contribution in [3.05, 3.63) is 70.2 Å². The molecule has 0 bridgehead atoms. The molecule has 2 rings (SSSR count). The smallest absolute Gasteiger partial charge is 0.254 e. The number of methoxy groups -OCH3 is 1. The minimum absolute atomic E-state index is 0.0127. The molecule has 1 amide bonds. The summed E-state index contributed by atoms with van der Waals surface area (Å²) in [5.41, 5.74) is 7.58. The monoisotopic (exact) mass is 331 g/mol. The number of rotatable bonds is 6. The van der Waals surface area contributed by atoms with E-state index < -0.39 is 6.10 Å². The molecule has 0 aliphatic heterocycles. The van der Waals surface area contributed by atoms with Crippen LogP contribution >= 0.6 is 11.6 Å². The maximum Gasteiger partial charge on any atom is 0.254 e. The number of halogens is 1. The van der Waals surface area contributed by atoms with E-state index in [1.807, 2.05) is 12.1 Å². The summed E-state index contributed by atoms with van der Waals surface area (Å²) in [5.74, 6) is -0.255. The van der Waals surface area contributed by atoms with Gasteiger partial charge in [0, 0.05) is 29.8 Å². The molecule has 0 heterocycles. The van der Waals surface area contributed by atoms with Gasteiger partial charge >= 0.3 is 0 Å². The third-order valence-corrected chi connectivity index (χ3v) is 3.74. The molecular weight excluding hydrogens is 314 g/mol. The number of amidine groups is 1. The molecule has 0 aromatic heterocycles. The van der Waals surface area contributed by atoms with Crippen molar-refractivity contribution in [2.45, 2.75) is 12.6 Å². The zero-order valence-electron chi connectivity index (χ0n) is 12.7. The molecule has 0 unspecified atom stereocenters. The summed E-state index contributed by atoms with van der Waals surface area (Å²) in [7, 11) is 1.47. The number of hydrogen-bond donors (Lipinski definition) is 3. The first-order valence-corrected chi connectivity index (χ1v) is 7.39. The third-order valence-electron chi connectivity index (χ3n) is 3.39. The first-order valence-electron chi connectivity index (χ1n) is 7.01. The standard InChI is InChI=1S/C17H18ClN3O2/c1-23-15(13-4-2-3-5-14(13)18)17(22)21-10-11-6-8-12(9-7-11)16(19)20/h2-9,15H,10H2,1H3,(H3,19,20)(H,21,22)/t15-/m0/s1. The number of ether oxygens (including phenoxy) is 1. The molecule has 1 atom stereocenters. The van der Waals surface area contributed by atoms with Gasteiger partial charge in [0.25, 0.3) is 5.91 Å². The molecule has 120 valence electrons. The molecule has 0 fully saturated rings. The highest BCUT2D eigenvalue weighted by Crippen LogP contribution is 2.25. The van der Waals surface area contributed by atoms with Crippen LogP contribution < -0.4 is 11.1 Å². The molecule has 2 aromatic carbocycles. The fraction of sp³-hybridized carbons (Fsp3) is 0.176. The van der Waals surface area contributed by atoms with E-state index in [0.29, 0.717) is 22.7 Å². The molecule has 6 heteroatoms. The van der Waals surface area contributed by atoms with Crippen molar-refractivity contribution in [3.63, 3.8) is 0 Å². The molecule has 5 nitrogen and oxygen atoms in total. The van der Waals surface area contributed by atoms with Crippen molar-refractivity contribution >= 4 is 23.3 Å². The Bertz CT molecular complexity index is 701. The molecular formula is C17H18ClN3O2. The van der Waals surface area contributed by atoms with Crippen LogP contribution in [0.25, 0.3) is 0 Å². The van der Waals surface area contributed by atoms with Gasteiger partial charge in [-0.1, -0.05) is 54.1 Å². The number of nitrogens with one attached hydrogen (secondary N) is 2. The van der Waals surface area contributed by atoms with Crippen molar-refractivity contribution in [1.82, 2.24) is 5.32 Å². The number of benzene rings is 2. The van der Waals surface area contributed by atoms with Gasteiger partial charge in [0.15, 0.2) is 6.10 Å². The van der Waals surface area contributed by atoms with Crippen molar-refractivity contribution in [1.29, 1.82) is 5.41 Å². The lowest BCUT2D eigenvalue weighted by atomic mass is 10.1. The number of amides is 1. The average molecular weight is 332 g/mol. The van der Waals surface area contributed by atoms with E-state index in [4.69, 9.17) is 27.5 Å². The van der Waals surface area contributed by atoms with E-state index in [2.05, 4.69) is 5.32 Å². The first kappa shape index (κ1) is 17.0. The lowest BCUT2D eigenvalue weighted by Crippen LogP contribution is -2.30. The minimum atomic E-state index is -0.764. The Balaban J connectivity index is 2.03. The number of carbonyl (C=O) groups is 1. The van der Waals surface area contributed by atoms with Gasteiger partial charge in [-0.2, -0.15) is 0 Å². The third kappa shape index (κ3) is 4.31. The van der Waals surface area contributed by atoms with Crippen molar-refractivity contribution in [3.8, 4) is 0 Å². The minimum Gasteiger partial charge on any atom is -0.384 e. The van der Waals surface area contributed by atoms with Gasteiger partial charge in [-0.15, -0.1) is 0 Å². The quantitative estimate of drug-likeness (QED) is 0.561. The van der Waals surface area contributed by atoms with Gasteiger partial charge in [-0.3, -0.25) is 10.2 Å². The van der Waals surface area contributed by atoms with Crippen molar-refractivity contribution < 1.29 is 9.53 Å². The van der Waals surface area contributed by atoms with Crippen molar-refractivity contribution in [2.24, 2.45) is 5.73 Å². The van der Waals surface area contributed by atoms with E-state index in [9.17, 15) is 4.79 Å². The Morgan fingerprint density at radius 3 is 2.48 bits per heavy atom. The molecule has 23 heavy (non-hydrogen) atoms. The molecule has 0 radical (unpaired) electrons. The van der Waals surface area contributed by atoms with Gasteiger partial charge in [0.05, 0.1) is 0 Å². The summed E-state index contributed by atoms with van der Waals surface area (Å²) in [4.78, 5) is 12.3. The van der Waals surface area contributed by atoms with Crippen LogP contribution in [0.2, 0.25) is 5.02 Å². The first-order chi connectivity index (χ1) is 11.0. The van der Waals surface area contributed by atoms with Crippen LogP contribution in [0.15, 0.2) is 48.5 Å². The topological polar surface area (TPSA) is 88.2 Å². The lowest BCUT2D eigenvalue weighted by Gasteiger charge is -2.17. The summed E-state index contributed by atoms with van der Waals surface area (Å²) >= 11 is 6.11. The second kappa shape index (κ2) is 7.76. The van der Waals surface area contributed by atoms with Crippen LogP contribution in [-0.2, 0) is 16.1 Å². The van der Waals surface area contributed by atoms with Gasteiger partial charge in [-0.25, -0.2) is 0 Å². The van der Waals surface area contributed by atoms with Crippen LogP contribution in [0.5, 0.6) is 0 Å². The zero-order chi connectivity index (χ0) is 16.8. The number of nitrogen functional groups attached to an aromatic ring is 1. The molecule has 0 saturated carbocycles. The van der Waals surface area contributed by atoms with Crippen LogP contribution in [0.3, 0.4) is 0 Å². The van der Waals surface area contributed by atoms with Gasteiger partial charge in [0.1, 0.15) is 5.84 Å². The van der Waals surface area contributed by atoms with Gasteiger partial charge < -0.3 is 15.8 Å². The van der Waals surface area contributed by atoms with Crippen LogP contribution in [-0.4, -0.2) is 18.9 Å². The van der Waals surface area contributed by atoms with Crippen molar-refractivity contribution in [2.75, 3.05) is 7.11 Å². The fourth-order valence-corrected chi connectivity index (χ4v) is 2.38. The maximum absolute atomic E-state index is 12.3. The summed E-state index contributed by atoms with van der Waals surface area (Å²) in [5, 5.41) is 10.7. The summed E-state index contributed by atoms with van der Waals surface area (Å²) in [6.07, 6.45) is -0.764. The second-order valence-corrected chi connectivity index (χ2v) is 5.37. The fourth-order valence-electron chi connectivity index (χ4n) is 2.15. The Morgan fingerprint density at radius 1 is 1.26 bits per heavy atom. The van der Waals surface area contributed by atoms with Gasteiger partial charge in [-0.05, 0) is 11.6 Å². The molecule has 2 aromatic rings. The SMILES string of the molecule is CO[C@H](C(=O)NCc1ccc(C(=N)N)cc1)c1ccccc1Cl. The van der Waals surface area contributed by atoms with Crippen LogP contribution in [0, 0.1) is 5.41 Å². The van der Waals surface area contributed by atoms with E-state index in [0.717, 1.165) is 5.56 Å². The summed E-state index contributed by atoms with van der Waals surface area (Å²) in [6, 6.07) is 14.2. The van der Waals surface area contributed by atoms with E-state index in [1.165, 1.54) is 7.11 Å². The Labute approximate surface area is 139 Å². The predicted octanol–water partition coefficient (Wildman–Crippen LogP) is 2.63. The molecule has 0 aliphatic carbocycles. The Kier molecular flexibility index (Phi) is 5.73. The van der Waals surface area contributed by atoms with Crippen LogP contribution in [0.1, 0.15) is 22.8 Å². The van der Waals surface area contributed by atoms with E-state index in [1.54, 1.807) is 36.4 Å². The zero-order valence-corrected chi connectivity index (χ0v) is 13.4. The average Bonchev–Trinajstić information content (AvgIpc) is 2.55. The predicted molar refractivity (Wildman–Crippen MR) is 90.5 cm³/mol. The molecule has 0 saturated heterocycles. The Morgan fingerprint density at radius 2 is 1.91 bits per heavy atom. The Hall–Kier alpha value is -2.37. The number of nitrogens with two attached hydrogens (primary N) is 1. The highest BCUT2D eigenvalue weighted by Gasteiger charge is 2.21.